The first-order valence-electron chi connectivity index (χ1n) is 10.1. The SMILES string of the molecule is Cc1cc(C)n(-c2cccc(NC(=O)CCS(=O)(=O)c3ccc4c(c3)CCC4)c2)n1. The van der Waals surface area contributed by atoms with E-state index in [2.05, 4.69) is 10.4 Å². The van der Waals surface area contributed by atoms with Crippen molar-refractivity contribution in [2.24, 2.45) is 0 Å². The van der Waals surface area contributed by atoms with E-state index in [1.54, 1.807) is 18.2 Å². The van der Waals surface area contributed by atoms with E-state index in [0.29, 0.717) is 10.6 Å². The summed E-state index contributed by atoms with van der Waals surface area (Å²) in [6.45, 7) is 3.89. The molecule has 0 radical (unpaired) electrons. The number of fused-ring (bicyclic) bond motifs is 1. The van der Waals surface area contributed by atoms with Crippen molar-refractivity contribution in [3.8, 4) is 5.69 Å². The minimum atomic E-state index is -3.50. The number of amides is 1. The molecule has 1 N–H and O–H groups in total. The molecule has 6 nitrogen and oxygen atoms in total. The van der Waals surface area contributed by atoms with Crippen molar-refractivity contribution in [3.63, 3.8) is 0 Å². The van der Waals surface area contributed by atoms with E-state index in [-0.39, 0.29) is 18.1 Å². The summed E-state index contributed by atoms with van der Waals surface area (Å²) in [5, 5.41) is 7.25. The van der Waals surface area contributed by atoms with Gasteiger partial charge in [-0.15, -0.1) is 0 Å². The van der Waals surface area contributed by atoms with Crippen molar-refractivity contribution in [1.29, 1.82) is 0 Å². The highest BCUT2D eigenvalue weighted by Crippen LogP contribution is 2.25. The molecule has 0 saturated carbocycles. The first-order valence-corrected chi connectivity index (χ1v) is 11.8. The van der Waals surface area contributed by atoms with Gasteiger partial charge in [0.25, 0.3) is 0 Å². The Labute approximate surface area is 176 Å². The quantitative estimate of drug-likeness (QED) is 0.654. The molecule has 3 aromatic rings. The average Bonchev–Trinajstić information content (AvgIpc) is 3.31. The molecule has 4 rings (SSSR count). The molecule has 1 aliphatic rings. The molecule has 156 valence electrons. The van der Waals surface area contributed by atoms with E-state index in [4.69, 9.17) is 0 Å². The van der Waals surface area contributed by atoms with Crippen molar-refractivity contribution in [2.45, 2.75) is 44.4 Å². The lowest BCUT2D eigenvalue weighted by molar-refractivity contribution is -0.115. The minimum absolute atomic E-state index is 0.0937. The van der Waals surface area contributed by atoms with E-state index in [1.807, 2.05) is 48.9 Å². The fourth-order valence-electron chi connectivity index (χ4n) is 3.92. The van der Waals surface area contributed by atoms with Gasteiger partial charge in [-0.1, -0.05) is 12.1 Å². The van der Waals surface area contributed by atoms with Crippen LogP contribution in [0.5, 0.6) is 0 Å². The van der Waals surface area contributed by atoms with Gasteiger partial charge < -0.3 is 5.32 Å². The van der Waals surface area contributed by atoms with Crippen LogP contribution < -0.4 is 5.32 Å². The Morgan fingerprint density at radius 2 is 1.87 bits per heavy atom. The van der Waals surface area contributed by atoms with E-state index >= 15 is 0 Å². The lowest BCUT2D eigenvalue weighted by Crippen LogP contribution is -2.17. The molecule has 0 unspecified atom stereocenters. The van der Waals surface area contributed by atoms with Gasteiger partial charge in [-0.3, -0.25) is 4.79 Å². The first-order chi connectivity index (χ1) is 14.3. The molecule has 2 aromatic carbocycles. The van der Waals surface area contributed by atoms with Crippen LogP contribution >= 0.6 is 0 Å². The van der Waals surface area contributed by atoms with Crippen LogP contribution in [0, 0.1) is 13.8 Å². The first kappa shape index (κ1) is 20.3. The summed E-state index contributed by atoms with van der Waals surface area (Å²) in [6, 6.07) is 14.7. The van der Waals surface area contributed by atoms with Gasteiger partial charge in [0.2, 0.25) is 5.91 Å². The molecule has 0 spiro atoms. The molecule has 1 aromatic heterocycles. The lowest BCUT2D eigenvalue weighted by Gasteiger charge is -2.10. The summed E-state index contributed by atoms with van der Waals surface area (Å²) in [5.41, 5.74) is 5.70. The number of carbonyl (C=O) groups is 1. The Hall–Kier alpha value is -2.93. The molecule has 7 heteroatoms. The zero-order chi connectivity index (χ0) is 21.3. The van der Waals surface area contributed by atoms with E-state index in [1.165, 1.54) is 5.56 Å². The maximum Gasteiger partial charge on any atom is 0.225 e. The van der Waals surface area contributed by atoms with Crippen LogP contribution in [0.25, 0.3) is 5.69 Å². The van der Waals surface area contributed by atoms with Gasteiger partial charge in [-0.25, -0.2) is 13.1 Å². The molecule has 1 amide bonds. The van der Waals surface area contributed by atoms with E-state index < -0.39 is 9.84 Å². The number of aromatic nitrogens is 2. The van der Waals surface area contributed by atoms with Crippen LogP contribution in [-0.2, 0) is 27.5 Å². The van der Waals surface area contributed by atoms with Crippen molar-refractivity contribution < 1.29 is 13.2 Å². The molecule has 0 aliphatic heterocycles. The number of hydrogen-bond acceptors (Lipinski definition) is 4. The maximum atomic E-state index is 12.7. The molecule has 0 saturated heterocycles. The van der Waals surface area contributed by atoms with Gasteiger partial charge in [0.15, 0.2) is 9.84 Å². The molecule has 1 aliphatic carbocycles. The van der Waals surface area contributed by atoms with Crippen LogP contribution in [0.15, 0.2) is 53.4 Å². The van der Waals surface area contributed by atoms with E-state index in [0.717, 1.165) is 41.9 Å². The Morgan fingerprint density at radius 1 is 1.07 bits per heavy atom. The summed E-state index contributed by atoms with van der Waals surface area (Å²) in [7, 11) is -3.50. The monoisotopic (exact) mass is 423 g/mol. The number of benzene rings is 2. The molecular weight excluding hydrogens is 398 g/mol. The second-order valence-corrected chi connectivity index (χ2v) is 9.90. The second-order valence-electron chi connectivity index (χ2n) is 7.79. The summed E-state index contributed by atoms with van der Waals surface area (Å²) in [4.78, 5) is 12.7. The predicted octanol–water partition coefficient (Wildman–Crippen LogP) is 3.78. The van der Waals surface area contributed by atoms with Crippen LogP contribution in [0.4, 0.5) is 5.69 Å². The lowest BCUT2D eigenvalue weighted by atomic mass is 10.1. The van der Waals surface area contributed by atoms with Crippen molar-refractivity contribution >= 4 is 21.4 Å². The van der Waals surface area contributed by atoms with Gasteiger partial charge in [-0.05, 0) is 80.6 Å². The van der Waals surface area contributed by atoms with Crippen LogP contribution in [0.2, 0.25) is 0 Å². The average molecular weight is 424 g/mol. The summed E-state index contributed by atoms with van der Waals surface area (Å²) in [5.74, 6) is -0.542. The van der Waals surface area contributed by atoms with E-state index in [9.17, 15) is 13.2 Å². The van der Waals surface area contributed by atoms with Crippen LogP contribution in [-0.4, -0.2) is 29.9 Å². The van der Waals surface area contributed by atoms with Crippen molar-refractivity contribution in [2.75, 3.05) is 11.1 Å². The maximum absolute atomic E-state index is 12.7. The van der Waals surface area contributed by atoms with Gasteiger partial charge in [0.1, 0.15) is 0 Å². The minimum Gasteiger partial charge on any atom is -0.326 e. The van der Waals surface area contributed by atoms with Crippen LogP contribution in [0.3, 0.4) is 0 Å². The van der Waals surface area contributed by atoms with Gasteiger partial charge in [0, 0.05) is 17.8 Å². The van der Waals surface area contributed by atoms with Gasteiger partial charge >= 0.3 is 0 Å². The number of hydrogen-bond donors (Lipinski definition) is 1. The highest BCUT2D eigenvalue weighted by Gasteiger charge is 2.20. The molecule has 0 atom stereocenters. The molecule has 0 fully saturated rings. The highest BCUT2D eigenvalue weighted by atomic mass is 32.2. The summed E-state index contributed by atoms with van der Waals surface area (Å²) < 4.78 is 27.2. The molecule has 1 heterocycles. The number of sulfone groups is 1. The number of anilines is 1. The number of rotatable bonds is 6. The Morgan fingerprint density at radius 3 is 2.63 bits per heavy atom. The molecular formula is C23H25N3O3S. The Kier molecular flexibility index (Phi) is 5.47. The van der Waals surface area contributed by atoms with Crippen molar-refractivity contribution in [1.82, 2.24) is 9.78 Å². The Balaban J connectivity index is 1.41. The molecule has 0 bridgehead atoms. The normalized spacial score (nSPS) is 13.3. The number of nitrogens with zero attached hydrogens (tertiary/aromatic N) is 2. The predicted molar refractivity (Wildman–Crippen MR) is 117 cm³/mol. The summed E-state index contributed by atoms with van der Waals surface area (Å²) >= 11 is 0. The Bertz CT molecular complexity index is 1210. The summed E-state index contributed by atoms with van der Waals surface area (Å²) in [6.07, 6.45) is 2.90. The van der Waals surface area contributed by atoms with Crippen LogP contribution in [0.1, 0.15) is 35.4 Å². The largest absolute Gasteiger partial charge is 0.326 e. The highest BCUT2D eigenvalue weighted by molar-refractivity contribution is 7.91. The number of carbonyl (C=O) groups excluding carboxylic acids is 1. The van der Waals surface area contributed by atoms with Gasteiger partial charge in [0.05, 0.1) is 22.0 Å². The standard InChI is InChI=1S/C23H25N3O3S/c1-16-13-17(2)26(25-16)21-8-4-7-20(15-21)24-23(27)11-12-30(28,29)22-10-9-18-5-3-6-19(18)14-22/h4,7-10,13-15H,3,5-6,11-12H2,1-2H3,(H,24,27). The smallest absolute Gasteiger partial charge is 0.225 e. The second kappa shape index (κ2) is 8.07. The third-order valence-electron chi connectivity index (χ3n) is 5.41. The fourth-order valence-corrected chi connectivity index (χ4v) is 5.20. The van der Waals surface area contributed by atoms with Gasteiger partial charge in [-0.2, -0.15) is 5.10 Å². The number of aryl methyl sites for hydroxylation is 4. The van der Waals surface area contributed by atoms with Crippen molar-refractivity contribution in [3.05, 3.63) is 71.0 Å². The third-order valence-corrected chi connectivity index (χ3v) is 7.12. The fraction of sp³-hybridized carbons (Fsp3) is 0.304. The number of nitrogens with one attached hydrogen (secondary N) is 1. The zero-order valence-electron chi connectivity index (χ0n) is 17.2. The topological polar surface area (TPSA) is 81.1 Å². The third kappa shape index (κ3) is 4.31. The zero-order valence-corrected chi connectivity index (χ0v) is 18.0. The molecule has 30 heavy (non-hydrogen) atoms.